The molecule has 1 aromatic rings. The Morgan fingerprint density at radius 1 is 1.39 bits per heavy atom. The van der Waals surface area contributed by atoms with Gasteiger partial charge in [-0.2, -0.15) is 5.10 Å². The molecular formula is C18H32N4O. The smallest absolute Gasteiger partial charge is 0.254 e. The van der Waals surface area contributed by atoms with Crippen LogP contribution in [-0.2, 0) is 5.54 Å². The van der Waals surface area contributed by atoms with Gasteiger partial charge in [-0.05, 0) is 65.5 Å². The molecule has 0 radical (unpaired) electrons. The molecule has 1 aliphatic rings. The van der Waals surface area contributed by atoms with Gasteiger partial charge in [0.15, 0.2) is 0 Å². The molecule has 5 heteroatoms. The molecule has 0 aliphatic carbocycles. The quantitative estimate of drug-likeness (QED) is 0.820. The highest BCUT2D eigenvalue weighted by Crippen LogP contribution is 2.15. The van der Waals surface area contributed by atoms with Crippen molar-refractivity contribution in [3.63, 3.8) is 0 Å². The van der Waals surface area contributed by atoms with Crippen LogP contribution in [-0.4, -0.2) is 46.8 Å². The fourth-order valence-electron chi connectivity index (χ4n) is 3.06. The average molecular weight is 320 g/mol. The Labute approximate surface area is 140 Å². The molecule has 0 bridgehead atoms. The molecule has 130 valence electrons. The number of carbonyl (C=O) groups excluding carboxylic acids is 1. The van der Waals surface area contributed by atoms with Crippen molar-refractivity contribution in [3.8, 4) is 0 Å². The minimum absolute atomic E-state index is 0.0212. The largest absolute Gasteiger partial charge is 0.352 e. The van der Waals surface area contributed by atoms with Gasteiger partial charge in [-0.25, -0.2) is 0 Å². The highest BCUT2D eigenvalue weighted by atomic mass is 16.1. The van der Waals surface area contributed by atoms with E-state index in [1.165, 1.54) is 25.9 Å². The Morgan fingerprint density at radius 3 is 2.83 bits per heavy atom. The van der Waals surface area contributed by atoms with Crippen LogP contribution in [0.1, 0.15) is 63.7 Å². The van der Waals surface area contributed by atoms with Gasteiger partial charge in [0.25, 0.3) is 5.91 Å². The zero-order valence-electron chi connectivity index (χ0n) is 15.1. The number of nitrogens with zero attached hydrogens (tertiary/aromatic N) is 3. The van der Waals surface area contributed by atoms with Crippen molar-refractivity contribution >= 4 is 5.91 Å². The van der Waals surface area contributed by atoms with Crippen LogP contribution in [0.2, 0.25) is 0 Å². The highest BCUT2D eigenvalue weighted by molar-refractivity contribution is 5.93. The van der Waals surface area contributed by atoms with E-state index in [2.05, 4.69) is 43.0 Å². The Morgan fingerprint density at radius 2 is 2.17 bits per heavy atom. The Hall–Kier alpha value is -1.36. The third-order valence-electron chi connectivity index (χ3n) is 4.46. The highest BCUT2D eigenvalue weighted by Gasteiger charge is 2.17. The first kappa shape index (κ1) is 18.0. The number of nitrogens with one attached hydrogen (secondary N) is 1. The molecule has 2 heterocycles. The number of piperidine rings is 1. The maximum absolute atomic E-state index is 12.1. The van der Waals surface area contributed by atoms with Crippen molar-refractivity contribution in [2.24, 2.45) is 5.92 Å². The van der Waals surface area contributed by atoms with Crippen LogP contribution in [0.15, 0.2) is 12.4 Å². The second kappa shape index (κ2) is 7.95. The monoisotopic (exact) mass is 320 g/mol. The van der Waals surface area contributed by atoms with Crippen molar-refractivity contribution in [1.82, 2.24) is 20.0 Å². The van der Waals surface area contributed by atoms with Crippen LogP contribution in [0.5, 0.6) is 0 Å². The number of unbranched alkanes of at least 4 members (excludes halogenated alkanes) is 1. The number of carbonyl (C=O) groups is 1. The van der Waals surface area contributed by atoms with E-state index in [1.807, 2.05) is 10.9 Å². The number of aromatic nitrogens is 2. The van der Waals surface area contributed by atoms with Gasteiger partial charge in [-0.15, -0.1) is 0 Å². The Balaban J connectivity index is 1.64. The van der Waals surface area contributed by atoms with Gasteiger partial charge in [0.2, 0.25) is 0 Å². The van der Waals surface area contributed by atoms with Crippen LogP contribution in [0.4, 0.5) is 0 Å². The molecule has 0 unspecified atom stereocenters. The summed E-state index contributed by atoms with van der Waals surface area (Å²) in [5.74, 6) is 0.815. The molecule has 0 saturated carbocycles. The molecule has 1 saturated heterocycles. The van der Waals surface area contributed by atoms with E-state index in [4.69, 9.17) is 0 Å². The fourth-order valence-corrected chi connectivity index (χ4v) is 3.06. The normalized spacial score (nSPS) is 19.7. The first-order valence-corrected chi connectivity index (χ1v) is 8.92. The van der Waals surface area contributed by atoms with Gasteiger partial charge in [0.1, 0.15) is 0 Å². The lowest BCUT2D eigenvalue weighted by atomic mass is 10.0. The molecule has 1 aromatic heterocycles. The van der Waals surface area contributed by atoms with E-state index in [-0.39, 0.29) is 11.4 Å². The predicted octanol–water partition coefficient (Wildman–Crippen LogP) is 2.88. The van der Waals surface area contributed by atoms with Gasteiger partial charge >= 0.3 is 0 Å². The van der Waals surface area contributed by atoms with Crippen LogP contribution in [0, 0.1) is 5.92 Å². The molecule has 1 N–H and O–H groups in total. The molecule has 1 amide bonds. The van der Waals surface area contributed by atoms with Crippen LogP contribution >= 0.6 is 0 Å². The summed E-state index contributed by atoms with van der Waals surface area (Å²) < 4.78 is 1.83. The first-order chi connectivity index (χ1) is 10.9. The van der Waals surface area contributed by atoms with Crippen molar-refractivity contribution in [3.05, 3.63) is 18.0 Å². The predicted molar refractivity (Wildman–Crippen MR) is 93.6 cm³/mol. The lowest BCUT2D eigenvalue weighted by molar-refractivity contribution is 0.0952. The minimum Gasteiger partial charge on any atom is -0.352 e. The molecular weight excluding hydrogens is 288 g/mol. The second-order valence-electron chi connectivity index (χ2n) is 7.86. The summed E-state index contributed by atoms with van der Waals surface area (Å²) >= 11 is 0. The summed E-state index contributed by atoms with van der Waals surface area (Å²) in [6.45, 7) is 12.9. The van der Waals surface area contributed by atoms with Crippen LogP contribution < -0.4 is 5.32 Å². The lowest BCUT2D eigenvalue weighted by Crippen LogP contribution is -2.35. The number of likely N-dealkylation sites (tertiary alicyclic amines) is 1. The zero-order valence-corrected chi connectivity index (χ0v) is 15.1. The third kappa shape index (κ3) is 5.65. The number of amides is 1. The molecule has 5 nitrogen and oxygen atoms in total. The number of hydrogen-bond donors (Lipinski definition) is 1. The van der Waals surface area contributed by atoms with Crippen molar-refractivity contribution in [2.75, 3.05) is 26.2 Å². The van der Waals surface area contributed by atoms with Crippen LogP contribution in [0.25, 0.3) is 0 Å². The molecule has 0 spiro atoms. The van der Waals surface area contributed by atoms with Gasteiger partial charge < -0.3 is 10.2 Å². The standard InChI is InChI=1S/C18H32N4O/c1-15-8-7-11-21(13-15)10-6-5-9-19-17(23)16-12-20-22(14-16)18(2,3)4/h12,14-15H,5-11,13H2,1-4H3,(H,19,23)/t15-/m1/s1. The minimum atomic E-state index is -0.0931. The fraction of sp³-hybridized carbons (Fsp3) is 0.778. The van der Waals surface area contributed by atoms with E-state index < -0.39 is 0 Å². The summed E-state index contributed by atoms with van der Waals surface area (Å²) in [5.41, 5.74) is 0.550. The average Bonchev–Trinajstić information content (AvgIpc) is 2.97. The van der Waals surface area contributed by atoms with E-state index in [1.54, 1.807) is 6.20 Å². The lowest BCUT2D eigenvalue weighted by Gasteiger charge is -2.30. The van der Waals surface area contributed by atoms with E-state index in [9.17, 15) is 4.79 Å². The van der Waals surface area contributed by atoms with Crippen molar-refractivity contribution < 1.29 is 4.79 Å². The van der Waals surface area contributed by atoms with Gasteiger partial charge in [-0.3, -0.25) is 9.48 Å². The first-order valence-electron chi connectivity index (χ1n) is 8.92. The Bertz CT molecular complexity index is 503. The van der Waals surface area contributed by atoms with E-state index in [0.29, 0.717) is 5.56 Å². The number of hydrogen-bond acceptors (Lipinski definition) is 3. The summed E-state index contributed by atoms with van der Waals surface area (Å²) in [7, 11) is 0. The number of rotatable bonds is 6. The summed E-state index contributed by atoms with van der Waals surface area (Å²) in [6, 6.07) is 0. The summed E-state index contributed by atoms with van der Waals surface area (Å²) in [6.07, 6.45) is 8.35. The Kier molecular flexibility index (Phi) is 6.22. The van der Waals surface area contributed by atoms with Gasteiger partial charge in [0.05, 0.1) is 17.3 Å². The van der Waals surface area contributed by atoms with E-state index >= 15 is 0 Å². The molecule has 1 aliphatic heterocycles. The molecule has 23 heavy (non-hydrogen) atoms. The second-order valence-corrected chi connectivity index (χ2v) is 7.86. The third-order valence-corrected chi connectivity index (χ3v) is 4.46. The summed E-state index contributed by atoms with van der Waals surface area (Å²) in [4.78, 5) is 14.7. The van der Waals surface area contributed by atoms with Crippen molar-refractivity contribution in [1.29, 1.82) is 0 Å². The van der Waals surface area contributed by atoms with Crippen LogP contribution in [0.3, 0.4) is 0 Å². The van der Waals surface area contributed by atoms with Crippen molar-refractivity contribution in [2.45, 2.75) is 58.9 Å². The van der Waals surface area contributed by atoms with Gasteiger partial charge in [0, 0.05) is 19.3 Å². The maximum Gasteiger partial charge on any atom is 0.254 e. The maximum atomic E-state index is 12.1. The van der Waals surface area contributed by atoms with Gasteiger partial charge in [-0.1, -0.05) is 6.92 Å². The SMILES string of the molecule is C[C@@H]1CCCN(CCCCNC(=O)c2cnn(C(C)(C)C)c2)C1. The zero-order chi connectivity index (χ0) is 16.9. The molecule has 2 rings (SSSR count). The van der Waals surface area contributed by atoms with E-state index in [0.717, 1.165) is 31.8 Å². The molecule has 0 aromatic carbocycles. The molecule has 1 fully saturated rings. The summed E-state index contributed by atoms with van der Waals surface area (Å²) in [5, 5.41) is 7.27. The topological polar surface area (TPSA) is 50.2 Å². The molecule has 1 atom stereocenters.